The second-order valence-corrected chi connectivity index (χ2v) is 7.80. The summed E-state index contributed by atoms with van der Waals surface area (Å²) in [5.41, 5.74) is 7.17. The highest BCUT2D eigenvalue weighted by atomic mass is 35.5. The summed E-state index contributed by atoms with van der Waals surface area (Å²) in [6.07, 6.45) is -3.33. The number of anilines is 1. The van der Waals surface area contributed by atoms with E-state index in [1.165, 1.54) is 4.90 Å². The van der Waals surface area contributed by atoms with Crippen molar-refractivity contribution in [2.24, 2.45) is 5.73 Å². The number of rotatable bonds is 2. The molecule has 0 aromatic heterocycles. The third-order valence-corrected chi connectivity index (χ3v) is 5.88. The fourth-order valence-corrected chi connectivity index (χ4v) is 4.40. The average Bonchev–Trinajstić information content (AvgIpc) is 2.74. The number of carbonyl (C=O) groups excluding carboxylic acids is 1. The summed E-state index contributed by atoms with van der Waals surface area (Å²) in [5.74, 6) is -0.843. The largest absolute Gasteiger partial charge is 0.416 e. The summed E-state index contributed by atoms with van der Waals surface area (Å²) in [4.78, 5) is 14.3. The minimum atomic E-state index is -4.59. The van der Waals surface area contributed by atoms with Crippen molar-refractivity contribution in [1.29, 1.82) is 5.26 Å². The lowest BCUT2D eigenvalue weighted by atomic mass is 9.75. The first-order chi connectivity index (χ1) is 14.7. The third-order valence-electron chi connectivity index (χ3n) is 5.56. The van der Waals surface area contributed by atoms with E-state index < -0.39 is 17.7 Å². The van der Waals surface area contributed by atoms with Crippen LogP contribution in [0.5, 0.6) is 0 Å². The van der Waals surface area contributed by atoms with Crippen LogP contribution < -0.4 is 10.6 Å². The number of carbonyl (C=O) groups is 1. The fraction of sp³-hybridized carbons (Fsp3) is 0.217. The summed E-state index contributed by atoms with van der Waals surface area (Å²) in [7, 11) is 0. The van der Waals surface area contributed by atoms with Gasteiger partial charge in [0.1, 0.15) is 5.82 Å². The van der Waals surface area contributed by atoms with Crippen LogP contribution in [0.25, 0.3) is 0 Å². The van der Waals surface area contributed by atoms with E-state index in [0.717, 1.165) is 23.8 Å². The maximum Gasteiger partial charge on any atom is 0.416 e. The third kappa shape index (κ3) is 3.57. The van der Waals surface area contributed by atoms with Crippen LogP contribution in [0, 0.1) is 11.3 Å². The van der Waals surface area contributed by atoms with E-state index in [-0.39, 0.29) is 27.9 Å². The van der Waals surface area contributed by atoms with Crippen molar-refractivity contribution < 1.29 is 18.0 Å². The van der Waals surface area contributed by atoms with Crippen LogP contribution in [0.1, 0.15) is 36.3 Å². The number of nitrogens with zero attached hydrogens (tertiary/aromatic N) is 2. The van der Waals surface area contributed by atoms with E-state index >= 15 is 0 Å². The highest BCUT2D eigenvalue weighted by Crippen LogP contribution is 2.48. The van der Waals surface area contributed by atoms with Crippen LogP contribution >= 0.6 is 11.6 Å². The number of benzene rings is 2. The number of hydrogen-bond acceptors (Lipinski definition) is 4. The molecule has 0 radical (unpaired) electrons. The molecule has 0 bridgehead atoms. The van der Waals surface area contributed by atoms with Gasteiger partial charge in [-0.05, 0) is 36.6 Å². The maximum atomic E-state index is 13.4. The molecular weight excluding hydrogens is 427 g/mol. The first-order valence-electron chi connectivity index (χ1n) is 9.62. The van der Waals surface area contributed by atoms with Gasteiger partial charge in [0.2, 0.25) is 0 Å². The quantitative estimate of drug-likeness (QED) is 0.649. The molecule has 1 unspecified atom stereocenters. The molecule has 0 saturated heterocycles. The standard InChI is InChI=1S/C23H17ClF3N3O/c24-16-10-9-14(23(25,26)27)11-18(16)30-17-7-4-8-19(31)21(17)20(15(12-28)22(30)29)13-5-2-1-3-6-13/h1-3,5-6,9-11,20H,4,7-8,29H2. The highest BCUT2D eigenvalue weighted by Gasteiger charge is 2.41. The summed E-state index contributed by atoms with van der Waals surface area (Å²) < 4.78 is 40.1. The van der Waals surface area contributed by atoms with E-state index in [0.29, 0.717) is 30.5 Å². The van der Waals surface area contributed by atoms with Crippen LogP contribution in [-0.4, -0.2) is 5.78 Å². The van der Waals surface area contributed by atoms with Gasteiger partial charge in [-0.3, -0.25) is 9.69 Å². The molecule has 0 amide bonds. The second kappa shape index (κ2) is 7.78. The van der Waals surface area contributed by atoms with Gasteiger partial charge in [0.25, 0.3) is 0 Å². The molecule has 2 aromatic rings. The van der Waals surface area contributed by atoms with Crippen molar-refractivity contribution in [3.8, 4) is 6.07 Å². The summed E-state index contributed by atoms with van der Waals surface area (Å²) in [6.45, 7) is 0. The molecule has 158 valence electrons. The Kier molecular flexibility index (Phi) is 5.28. The smallest absolute Gasteiger partial charge is 0.384 e. The van der Waals surface area contributed by atoms with Gasteiger partial charge in [0.05, 0.1) is 33.8 Å². The molecule has 2 aromatic carbocycles. The minimum absolute atomic E-state index is 0.00421. The molecule has 0 saturated carbocycles. The predicted octanol–water partition coefficient (Wildman–Crippen LogP) is 5.66. The molecular formula is C23H17ClF3N3O. The number of Topliss-reactive ketones (excluding diaryl/α,β-unsaturated/α-hetero) is 1. The zero-order chi connectivity index (χ0) is 22.3. The van der Waals surface area contributed by atoms with Crippen molar-refractivity contribution in [2.45, 2.75) is 31.4 Å². The number of nitrogens with two attached hydrogens (primary N) is 1. The zero-order valence-corrected chi connectivity index (χ0v) is 17.0. The summed E-state index contributed by atoms with van der Waals surface area (Å²) in [6, 6.07) is 14.0. The van der Waals surface area contributed by atoms with Crippen molar-refractivity contribution >= 4 is 23.1 Å². The van der Waals surface area contributed by atoms with Gasteiger partial charge in [0, 0.05) is 17.7 Å². The molecule has 1 aliphatic carbocycles. The number of nitriles is 1. The molecule has 4 rings (SSSR count). The Balaban J connectivity index is 1.99. The number of halogens is 4. The number of allylic oxidation sites excluding steroid dienone is 3. The van der Waals surface area contributed by atoms with E-state index in [4.69, 9.17) is 17.3 Å². The van der Waals surface area contributed by atoms with E-state index in [1.807, 2.05) is 6.07 Å². The van der Waals surface area contributed by atoms with Crippen LogP contribution in [0.15, 0.2) is 71.2 Å². The van der Waals surface area contributed by atoms with Gasteiger partial charge in [-0.25, -0.2) is 0 Å². The zero-order valence-electron chi connectivity index (χ0n) is 16.2. The van der Waals surface area contributed by atoms with Crippen molar-refractivity contribution in [2.75, 3.05) is 4.90 Å². The summed E-state index contributed by atoms with van der Waals surface area (Å²) in [5, 5.41) is 9.96. The predicted molar refractivity (Wildman–Crippen MR) is 111 cm³/mol. The first-order valence-corrected chi connectivity index (χ1v) is 9.99. The van der Waals surface area contributed by atoms with Crippen molar-refractivity contribution in [3.05, 3.63) is 87.3 Å². The van der Waals surface area contributed by atoms with Crippen LogP contribution in [0.3, 0.4) is 0 Å². The lowest BCUT2D eigenvalue weighted by Gasteiger charge is -2.40. The molecule has 31 heavy (non-hydrogen) atoms. The monoisotopic (exact) mass is 443 g/mol. The molecule has 8 heteroatoms. The van der Waals surface area contributed by atoms with E-state index in [2.05, 4.69) is 6.07 Å². The normalized spacial score (nSPS) is 19.4. The molecule has 2 aliphatic rings. The molecule has 1 atom stereocenters. The Morgan fingerprint density at radius 2 is 1.84 bits per heavy atom. The van der Waals surface area contributed by atoms with Crippen molar-refractivity contribution in [1.82, 2.24) is 0 Å². The first kappa shape index (κ1) is 21.0. The summed E-state index contributed by atoms with van der Waals surface area (Å²) >= 11 is 6.28. The number of ketones is 1. The highest BCUT2D eigenvalue weighted by molar-refractivity contribution is 6.33. The Morgan fingerprint density at radius 1 is 1.13 bits per heavy atom. The fourth-order valence-electron chi connectivity index (χ4n) is 4.20. The molecule has 0 fully saturated rings. The van der Waals surface area contributed by atoms with E-state index in [1.54, 1.807) is 24.3 Å². The average molecular weight is 444 g/mol. The van der Waals surface area contributed by atoms with Gasteiger partial charge in [-0.15, -0.1) is 0 Å². The van der Waals surface area contributed by atoms with Gasteiger partial charge in [0.15, 0.2) is 5.78 Å². The van der Waals surface area contributed by atoms with Gasteiger partial charge >= 0.3 is 6.18 Å². The molecule has 2 N–H and O–H groups in total. The topological polar surface area (TPSA) is 70.1 Å². The van der Waals surface area contributed by atoms with Crippen LogP contribution in [0.4, 0.5) is 18.9 Å². The van der Waals surface area contributed by atoms with Crippen LogP contribution in [0.2, 0.25) is 5.02 Å². The Morgan fingerprint density at radius 3 is 2.48 bits per heavy atom. The molecule has 1 heterocycles. The Hall–Kier alpha value is -3.24. The lowest BCUT2D eigenvalue weighted by Crippen LogP contribution is -2.39. The van der Waals surface area contributed by atoms with Gasteiger partial charge in [-0.1, -0.05) is 41.9 Å². The SMILES string of the molecule is N#CC1=C(N)N(c2cc(C(F)(F)F)ccc2Cl)C2=C(C(=O)CCC2)C1c1ccccc1. The Bertz CT molecular complexity index is 1160. The molecule has 4 nitrogen and oxygen atoms in total. The van der Waals surface area contributed by atoms with Crippen LogP contribution in [-0.2, 0) is 11.0 Å². The number of hydrogen-bond donors (Lipinski definition) is 1. The van der Waals surface area contributed by atoms with Gasteiger partial charge in [-0.2, -0.15) is 18.4 Å². The minimum Gasteiger partial charge on any atom is -0.384 e. The second-order valence-electron chi connectivity index (χ2n) is 7.39. The number of alkyl halides is 3. The van der Waals surface area contributed by atoms with E-state index in [9.17, 15) is 23.2 Å². The lowest BCUT2D eigenvalue weighted by molar-refractivity contribution is -0.137. The van der Waals surface area contributed by atoms with Crippen molar-refractivity contribution in [3.63, 3.8) is 0 Å². The van der Waals surface area contributed by atoms with Gasteiger partial charge < -0.3 is 5.73 Å². The molecule has 0 spiro atoms. The Labute approximate surface area is 182 Å². The maximum absolute atomic E-state index is 13.4. The molecule has 1 aliphatic heterocycles.